The number of carboxylic acids is 1. The van der Waals surface area contributed by atoms with Crippen molar-refractivity contribution >= 4 is 52.1 Å². The molecule has 1 aromatic carbocycles. The number of hydrogen-bond acceptors (Lipinski definition) is 9. The smallest absolute Gasteiger partial charge is 0.414 e. The summed E-state index contributed by atoms with van der Waals surface area (Å²) in [5.74, 6) is 0.0141. The van der Waals surface area contributed by atoms with Crippen molar-refractivity contribution in [2.75, 3.05) is 42.7 Å². The summed E-state index contributed by atoms with van der Waals surface area (Å²) >= 11 is 1.48. The average molecular weight is 566 g/mol. The van der Waals surface area contributed by atoms with Crippen LogP contribution < -0.4 is 15.0 Å². The van der Waals surface area contributed by atoms with Crippen LogP contribution in [0.1, 0.15) is 31.2 Å². The predicted molar refractivity (Wildman–Crippen MR) is 151 cm³/mol. The van der Waals surface area contributed by atoms with Gasteiger partial charge in [0.25, 0.3) is 0 Å². The zero-order valence-corrected chi connectivity index (χ0v) is 23.0. The van der Waals surface area contributed by atoms with Crippen molar-refractivity contribution in [2.24, 2.45) is 0 Å². The van der Waals surface area contributed by atoms with E-state index in [0.29, 0.717) is 62.0 Å². The number of nitrogens with one attached hydrogen (secondary N) is 1. The number of benzene rings is 1. The summed E-state index contributed by atoms with van der Waals surface area (Å²) in [5, 5.41) is 12.0. The summed E-state index contributed by atoms with van der Waals surface area (Å²) < 4.78 is 10.9. The number of anilines is 2. The number of hydrogen-bond donors (Lipinski definition) is 2. The normalized spacial score (nSPS) is 16.6. The average Bonchev–Trinajstić information content (AvgIpc) is 3.32. The number of carbonyl (C=O) groups is 3. The number of pyridine rings is 2. The van der Waals surface area contributed by atoms with Gasteiger partial charge >= 0.3 is 12.1 Å². The second kappa shape index (κ2) is 12.5. The third-order valence-corrected chi connectivity index (χ3v) is 7.97. The number of thioether (sulfide) groups is 1. The van der Waals surface area contributed by atoms with Gasteiger partial charge in [0.2, 0.25) is 11.8 Å². The molecule has 0 aliphatic carbocycles. The second-order valence-electron chi connectivity index (χ2n) is 9.74. The Hall–Kier alpha value is -3.90. The summed E-state index contributed by atoms with van der Waals surface area (Å²) in [6.07, 6.45) is 3.12. The van der Waals surface area contributed by atoms with Gasteiger partial charge in [-0.15, -0.1) is 11.8 Å². The molecule has 1 atom stereocenters. The highest BCUT2D eigenvalue weighted by molar-refractivity contribution is 8.00. The molecule has 3 aromatic rings. The molecule has 0 unspecified atom stereocenters. The van der Waals surface area contributed by atoms with Crippen LogP contribution in [0.4, 0.5) is 16.2 Å². The van der Waals surface area contributed by atoms with E-state index in [1.54, 1.807) is 24.3 Å². The number of fused-ring (bicyclic) bond motifs is 2. The molecule has 1 saturated heterocycles. The maximum atomic E-state index is 12.7. The molecule has 11 nitrogen and oxygen atoms in total. The summed E-state index contributed by atoms with van der Waals surface area (Å²) in [6, 6.07) is 11.2. The molecule has 2 aliphatic rings. The van der Waals surface area contributed by atoms with Crippen molar-refractivity contribution in [2.45, 2.75) is 43.2 Å². The Morgan fingerprint density at radius 3 is 2.90 bits per heavy atom. The number of nitrogens with zero attached hydrogens (tertiary/aromatic N) is 4. The van der Waals surface area contributed by atoms with Crippen molar-refractivity contribution < 1.29 is 29.0 Å². The fraction of sp³-hybridized carbons (Fsp3) is 0.393. The molecule has 1 fully saturated rings. The lowest BCUT2D eigenvalue weighted by atomic mass is 10.1. The number of aliphatic carboxylic acids is 1. The first kappa shape index (κ1) is 27.7. The molecule has 0 saturated carbocycles. The van der Waals surface area contributed by atoms with E-state index in [0.717, 1.165) is 27.9 Å². The van der Waals surface area contributed by atoms with Gasteiger partial charge < -0.3 is 19.9 Å². The quantitative estimate of drug-likeness (QED) is 0.330. The van der Waals surface area contributed by atoms with E-state index in [9.17, 15) is 14.4 Å². The zero-order chi connectivity index (χ0) is 28.1. The van der Waals surface area contributed by atoms with Crippen LogP contribution in [0.5, 0.6) is 5.88 Å². The van der Waals surface area contributed by atoms with E-state index in [1.165, 1.54) is 11.8 Å². The Morgan fingerprint density at radius 1 is 1.23 bits per heavy atom. The molecule has 4 heterocycles. The minimum Gasteiger partial charge on any atom is -0.481 e. The molecule has 2 aliphatic heterocycles. The molecule has 12 heteroatoms. The summed E-state index contributed by atoms with van der Waals surface area (Å²) in [5.41, 5.74) is 3.90. The number of methoxy groups -OCH3 is 1. The molecule has 0 bridgehead atoms. The number of amides is 2. The minimum absolute atomic E-state index is 0.0564. The second-order valence-corrected chi connectivity index (χ2v) is 10.8. The first-order valence-corrected chi connectivity index (χ1v) is 14.2. The lowest BCUT2D eigenvalue weighted by Crippen LogP contribution is -2.28. The molecular formula is C28H31N5O6S. The van der Waals surface area contributed by atoms with Crippen molar-refractivity contribution in [1.29, 1.82) is 0 Å². The van der Waals surface area contributed by atoms with Crippen LogP contribution in [-0.4, -0.2) is 76.5 Å². The summed E-state index contributed by atoms with van der Waals surface area (Å²) in [6.45, 7) is 2.31. The molecule has 0 spiro atoms. The lowest BCUT2D eigenvalue weighted by Gasteiger charge is -2.23. The largest absolute Gasteiger partial charge is 0.481 e. The number of carbonyl (C=O) groups excluding carboxylic acids is 2. The van der Waals surface area contributed by atoms with E-state index in [2.05, 4.69) is 20.2 Å². The van der Waals surface area contributed by atoms with Gasteiger partial charge in [0, 0.05) is 35.8 Å². The van der Waals surface area contributed by atoms with Gasteiger partial charge in [-0.2, -0.15) is 0 Å². The van der Waals surface area contributed by atoms with Gasteiger partial charge in [0.1, 0.15) is 6.10 Å². The molecule has 210 valence electrons. The van der Waals surface area contributed by atoms with Gasteiger partial charge in [0.05, 0.1) is 36.1 Å². The SMILES string of the molecule is COc1ccc2nccc(CN(CCCC(=O)O)CCC[C@H]3CN(c4ccc5c(c4)NC(=O)CS5)C(=O)O3)c2n1. The van der Waals surface area contributed by atoms with E-state index in [4.69, 9.17) is 14.6 Å². The highest BCUT2D eigenvalue weighted by Crippen LogP contribution is 2.35. The minimum atomic E-state index is -0.820. The maximum absolute atomic E-state index is 12.7. The maximum Gasteiger partial charge on any atom is 0.414 e. The predicted octanol–water partition coefficient (Wildman–Crippen LogP) is 4.16. The van der Waals surface area contributed by atoms with Gasteiger partial charge in [-0.05, 0) is 68.2 Å². The van der Waals surface area contributed by atoms with Crippen LogP contribution in [0, 0.1) is 0 Å². The first-order valence-electron chi connectivity index (χ1n) is 13.2. The van der Waals surface area contributed by atoms with E-state index in [1.807, 2.05) is 30.3 Å². The van der Waals surface area contributed by atoms with Gasteiger partial charge in [-0.3, -0.25) is 24.4 Å². The van der Waals surface area contributed by atoms with Gasteiger partial charge in [-0.25, -0.2) is 9.78 Å². The summed E-state index contributed by atoms with van der Waals surface area (Å²) in [4.78, 5) is 49.3. The van der Waals surface area contributed by atoms with Crippen molar-refractivity contribution in [3.63, 3.8) is 0 Å². The number of ether oxygens (including phenoxy) is 2. The molecular weight excluding hydrogens is 534 g/mol. The third-order valence-electron chi connectivity index (χ3n) is 6.89. The fourth-order valence-corrected chi connectivity index (χ4v) is 5.72. The topological polar surface area (TPSA) is 134 Å². The zero-order valence-electron chi connectivity index (χ0n) is 22.2. The number of rotatable bonds is 12. The van der Waals surface area contributed by atoms with Gasteiger partial charge in [-0.1, -0.05) is 0 Å². The van der Waals surface area contributed by atoms with E-state index >= 15 is 0 Å². The summed E-state index contributed by atoms with van der Waals surface area (Å²) in [7, 11) is 1.57. The fourth-order valence-electron chi connectivity index (χ4n) is 4.93. The first-order chi connectivity index (χ1) is 19.4. The van der Waals surface area contributed by atoms with Crippen molar-refractivity contribution in [1.82, 2.24) is 14.9 Å². The molecule has 40 heavy (non-hydrogen) atoms. The highest BCUT2D eigenvalue weighted by Gasteiger charge is 2.32. The van der Waals surface area contributed by atoms with Crippen LogP contribution in [-0.2, 0) is 20.9 Å². The van der Waals surface area contributed by atoms with Crippen LogP contribution in [0.3, 0.4) is 0 Å². The third kappa shape index (κ3) is 6.62. The Labute approximate surface area is 235 Å². The number of cyclic esters (lactones) is 1. The van der Waals surface area contributed by atoms with Crippen molar-refractivity contribution in [3.05, 3.63) is 48.2 Å². The van der Waals surface area contributed by atoms with Crippen LogP contribution >= 0.6 is 11.8 Å². The molecule has 0 radical (unpaired) electrons. The van der Waals surface area contributed by atoms with Gasteiger partial charge in [0.15, 0.2) is 0 Å². The van der Waals surface area contributed by atoms with E-state index < -0.39 is 12.1 Å². The monoisotopic (exact) mass is 565 g/mol. The standard InChI is InChI=1S/C28H31N5O6S/c1-38-25-9-7-21-27(31-25)18(10-11-29-21)15-32(13-3-5-26(35)36)12-2-4-20-16-33(28(37)39-20)19-6-8-23-22(14-19)30-24(34)17-40-23/h6-11,14,20H,2-5,12-13,15-17H2,1H3,(H,30,34)(H,35,36)/t20-/m0/s1. The Kier molecular flexibility index (Phi) is 8.66. The lowest BCUT2D eigenvalue weighted by molar-refractivity contribution is -0.137. The number of aromatic nitrogens is 2. The highest BCUT2D eigenvalue weighted by atomic mass is 32.2. The van der Waals surface area contributed by atoms with Crippen LogP contribution in [0.15, 0.2) is 47.5 Å². The van der Waals surface area contributed by atoms with Crippen LogP contribution in [0.2, 0.25) is 0 Å². The Balaban J connectivity index is 1.21. The molecule has 2 amide bonds. The van der Waals surface area contributed by atoms with Crippen molar-refractivity contribution in [3.8, 4) is 5.88 Å². The van der Waals surface area contributed by atoms with Crippen LogP contribution in [0.25, 0.3) is 11.0 Å². The number of carboxylic acid groups (broad SMARTS) is 1. The molecule has 5 rings (SSSR count). The molecule has 2 N–H and O–H groups in total. The Morgan fingerprint density at radius 2 is 2.08 bits per heavy atom. The molecule has 2 aromatic heterocycles. The Bertz CT molecular complexity index is 1420. The van der Waals surface area contributed by atoms with E-state index in [-0.39, 0.29) is 18.4 Å².